The standard InChI is InChI=1S/C11H23NO3S/c1-15-11(14)10(12)6-9-16-8-5-3-2-4-7-13/h10,13H,2-9,12H2,1H3. The van der Waals surface area contributed by atoms with E-state index in [-0.39, 0.29) is 5.97 Å². The summed E-state index contributed by atoms with van der Waals surface area (Å²) in [6, 6.07) is -0.480. The second kappa shape index (κ2) is 11.2. The predicted molar refractivity (Wildman–Crippen MR) is 67.5 cm³/mol. The molecule has 0 saturated carbocycles. The second-order valence-electron chi connectivity index (χ2n) is 3.67. The first-order chi connectivity index (χ1) is 7.72. The van der Waals surface area contributed by atoms with Crippen LogP contribution in [0, 0.1) is 0 Å². The van der Waals surface area contributed by atoms with Crippen molar-refractivity contribution in [3.05, 3.63) is 0 Å². The van der Waals surface area contributed by atoms with Crippen molar-refractivity contribution in [1.29, 1.82) is 0 Å². The summed E-state index contributed by atoms with van der Waals surface area (Å²) < 4.78 is 4.54. The minimum absolute atomic E-state index is 0.293. The van der Waals surface area contributed by atoms with Crippen molar-refractivity contribution in [3.63, 3.8) is 0 Å². The molecule has 0 spiro atoms. The molecule has 0 radical (unpaired) electrons. The van der Waals surface area contributed by atoms with Gasteiger partial charge in [-0.1, -0.05) is 12.8 Å². The lowest BCUT2D eigenvalue weighted by molar-refractivity contribution is -0.142. The summed E-state index contributed by atoms with van der Waals surface area (Å²) in [5.41, 5.74) is 5.59. The van der Waals surface area contributed by atoms with Gasteiger partial charge in [0.05, 0.1) is 7.11 Å². The van der Waals surface area contributed by atoms with Crippen LogP contribution in [0.15, 0.2) is 0 Å². The number of unbranched alkanes of at least 4 members (excludes halogenated alkanes) is 3. The van der Waals surface area contributed by atoms with Crippen molar-refractivity contribution in [2.24, 2.45) is 5.73 Å². The Hall–Kier alpha value is -0.260. The van der Waals surface area contributed by atoms with Gasteiger partial charge in [0.2, 0.25) is 0 Å². The highest BCUT2D eigenvalue weighted by molar-refractivity contribution is 7.99. The molecule has 0 aliphatic carbocycles. The topological polar surface area (TPSA) is 72.5 Å². The number of aliphatic hydroxyl groups excluding tert-OH is 1. The van der Waals surface area contributed by atoms with E-state index in [1.807, 2.05) is 11.8 Å². The number of esters is 1. The fraction of sp³-hybridized carbons (Fsp3) is 0.909. The van der Waals surface area contributed by atoms with Gasteiger partial charge in [-0.15, -0.1) is 0 Å². The highest BCUT2D eigenvalue weighted by Crippen LogP contribution is 2.09. The SMILES string of the molecule is COC(=O)C(N)CCSCCCCCCO. The normalized spacial score (nSPS) is 12.4. The van der Waals surface area contributed by atoms with Crippen LogP contribution in [0.5, 0.6) is 0 Å². The first kappa shape index (κ1) is 15.7. The Morgan fingerprint density at radius 1 is 1.31 bits per heavy atom. The van der Waals surface area contributed by atoms with E-state index >= 15 is 0 Å². The van der Waals surface area contributed by atoms with Crippen LogP contribution in [-0.4, -0.2) is 42.3 Å². The van der Waals surface area contributed by atoms with Crippen LogP contribution >= 0.6 is 11.8 Å². The van der Waals surface area contributed by atoms with Gasteiger partial charge in [-0.05, 0) is 30.8 Å². The average Bonchev–Trinajstić information content (AvgIpc) is 2.31. The number of methoxy groups -OCH3 is 1. The third kappa shape index (κ3) is 9.00. The zero-order valence-electron chi connectivity index (χ0n) is 9.98. The number of ether oxygens (including phenoxy) is 1. The van der Waals surface area contributed by atoms with Crippen molar-refractivity contribution in [2.75, 3.05) is 25.2 Å². The molecule has 0 aromatic heterocycles. The lowest BCUT2D eigenvalue weighted by Crippen LogP contribution is -2.32. The Bertz CT molecular complexity index is 179. The first-order valence-electron chi connectivity index (χ1n) is 5.74. The van der Waals surface area contributed by atoms with Crippen LogP contribution in [0.25, 0.3) is 0 Å². The maximum atomic E-state index is 11.0. The summed E-state index contributed by atoms with van der Waals surface area (Å²) in [6.07, 6.45) is 5.00. The fourth-order valence-corrected chi connectivity index (χ4v) is 2.28. The molecule has 0 bridgehead atoms. The molecule has 0 amide bonds. The monoisotopic (exact) mass is 249 g/mol. The maximum absolute atomic E-state index is 11.0. The van der Waals surface area contributed by atoms with E-state index in [0.717, 1.165) is 37.2 Å². The number of carbonyl (C=O) groups excluding carboxylic acids is 1. The highest BCUT2D eigenvalue weighted by atomic mass is 32.2. The Balaban J connectivity index is 3.17. The minimum atomic E-state index is -0.480. The van der Waals surface area contributed by atoms with E-state index < -0.39 is 6.04 Å². The highest BCUT2D eigenvalue weighted by Gasteiger charge is 2.12. The smallest absolute Gasteiger partial charge is 0.322 e. The summed E-state index contributed by atoms with van der Waals surface area (Å²) in [4.78, 5) is 11.0. The number of hydrogen-bond acceptors (Lipinski definition) is 5. The Morgan fingerprint density at radius 2 is 2.00 bits per heavy atom. The molecule has 1 unspecified atom stereocenters. The van der Waals surface area contributed by atoms with Gasteiger partial charge in [0.1, 0.15) is 6.04 Å². The van der Waals surface area contributed by atoms with Gasteiger partial charge in [0.15, 0.2) is 0 Å². The number of thioether (sulfide) groups is 1. The molecule has 16 heavy (non-hydrogen) atoms. The summed E-state index contributed by atoms with van der Waals surface area (Å²) in [5, 5.41) is 8.58. The van der Waals surface area contributed by atoms with Gasteiger partial charge >= 0.3 is 5.97 Å². The van der Waals surface area contributed by atoms with E-state index in [1.165, 1.54) is 7.11 Å². The van der Waals surface area contributed by atoms with Crippen LogP contribution in [0.1, 0.15) is 32.1 Å². The largest absolute Gasteiger partial charge is 0.468 e. The van der Waals surface area contributed by atoms with Crippen molar-refractivity contribution in [3.8, 4) is 0 Å². The number of aliphatic hydroxyl groups is 1. The van der Waals surface area contributed by atoms with Crippen molar-refractivity contribution in [2.45, 2.75) is 38.1 Å². The maximum Gasteiger partial charge on any atom is 0.322 e. The fourth-order valence-electron chi connectivity index (χ4n) is 1.25. The summed E-state index contributed by atoms with van der Waals surface area (Å²) in [7, 11) is 1.36. The van der Waals surface area contributed by atoms with Gasteiger partial charge in [-0.3, -0.25) is 4.79 Å². The molecule has 0 rings (SSSR count). The van der Waals surface area contributed by atoms with E-state index in [9.17, 15) is 4.79 Å². The number of rotatable bonds is 10. The molecule has 0 aromatic carbocycles. The van der Waals surface area contributed by atoms with Gasteiger partial charge < -0.3 is 15.6 Å². The average molecular weight is 249 g/mol. The second-order valence-corrected chi connectivity index (χ2v) is 4.89. The molecule has 4 nitrogen and oxygen atoms in total. The van der Waals surface area contributed by atoms with E-state index in [4.69, 9.17) is 10.8 Å². The molecule has 0 fully saturated rings. The van der Waals surface area contributed by atoms with Gasteiger partial charge in [0.25, 0.3) is 0 Å². The molecule has 0 aliphatic rings. The molecule has 0 heterocycles. The third-order valence-electron chi connectivity index (χ3n) is 2.27. The first-order valence-corrected chi connectivity index (χ1v) is 6.90. The summed E-state index contributed by atoms with van der Waals surface area (Å²) in [5.74, 6) is 1.67. The predicted octanol–water partition coefficient (Wildman–Crippen LogP) is 1.16. The molecule has 0 saturated heterocycles. The molecule has 3 N–H and O–H groups in total. The van der Waals surface area contributed by atoms with Crippen LogP contribution < -0.4 is 5.73 Å². The van der Waals surface area contributed by atoms with Gasteiger partial charge in [0, 0.05) is 6.61 Å². The Kier molecular flexibility index (Phi) is 11.0. The van der Waals surface area contributed by atoms with E-state index in [1.54, 1.807) is 0 Å². The quantitative estimate of drug-likeness (QED) is 0.449. The van der Waals surface area contributed by atoms with Crippen molar-refractivity contribution < 1.29 is 14.6 Å². The van der Waals surface area contributed by atoms with Crippen molar-refractivity contribution >= 4 is 17.7 Å². The number of carbonyl (C=O) groups is 1. The van der Waals surface area contributed by atoms with E-state index in [2.05, 4.69) is 4.74 Å². The lowest BCUT2D eigenvalue weighted by Gasteiger charge is -2.08. The van der Waals surface area contributed by atoms with Crippen molar-refractivity contribution in [1.82, 2.24) is 0 Å². The van der Waals surface area contributed by atoms with Gasteiger partial charge in [-0.25, -0.2) is 0 Å². The Morgan fingerprint density at radius 3 is 2.62 bits per heavy atom. The van der Waals surface area contributed by atoms with Crippen LogP contribution in [0.2, 0.25) is 0 Å². The molecule has 5 heteroatoms. The molecule has 96 valence electrons. The third-order valence-corrected chi connectivity index (χ3v) is 3.38. The minimum Gasteiger partial charge on any atom is -0.468 e. The molecular formula is C11H23NO3S. The lowest BCUT2D eigenvalue weighted by atomic mass is 10.2. The zero-order chi connectivity index (χ0) is 12.2. The molecule has 0 aliphatic heterocycles. The van der Waals surface area contributed by atoms with Crippen LogP contribution in [0.4, 0.5) is 0 Å². The molecule has 1 atom stereocenters. The summed E-state index contributed by atoms with van der Waals surface area (Å²) >= 11 is 1.82. The number of hydrogen-bond donors (Lipinski definition) is 2. The Labute approximate surface area is 102 Å². The van der Waals surface area contributed by atoms with Gasteiger partial charge in [-0.2, -0.15) is 11.8 Å². The zero-order valence-corrected chi connectivity index (χ0v) is 10.8. The summed E-state index contributed by atoms with van der Waals surface area (Å²) in [6.45, 7) is 0.293. The van der Waals surface area contributed by atoms with Crippen LogP contribution in [0.3, 0.4) is 0 Å². The van der Waals surface area contributed by atoms with E-state index in [0.29, 0.717) is 13.0 Å². The number of nitrogens with two attached hydrogens (primary N) is 1. The van der Waals surface area contributed by atoms with Crippen LogP contribution in [-0.2, 0) is 9.53 Å². The molecule has 0 aromatic rings. The molecular weight excluding hydrogens is 226 g/mol.